The largest absolute Gasteiger partial charge is 0.368 e. The maximum Gasteiger partial charge on any atom is 0.158 e. The summed E-state index contributed by atoms with van der Waals surface area (Å²) in [6, 6.07) is 1.96. The highest BCUT2D eigenvalue weighted by Gasteiger charge is 2.20. The van der Waals surface area contributed by atoms with Crippen LogP contribution in [0.4, 0.5) is 5.82 Å². The molecule has 0 radical (unpaired) electrons. The number of nitrogens with one attached hydrogen (secondary N) is 1. The lowest BCUT2D eigenvalue weighted by Gasteiger charge is -2.13. The van der Waals surface area contributed by atoms with E-state index in [0.29, 0.717) is 11.6 Å². The SMILES string of the molecule is CCN1CCC(CNc2cnc(C#N)cn2)C1. The summed E-state index contributed by atoms with van der Waals surface area (Å²) in [6.07, 6.45) is 4.35. The summed E-state index contributed by atoms with van der Waals surface area (Å²) < 4.78 is 0. The zero-order chi connectivity index (χ0) is 12.1. The lowest BCUT2D eigenvalue weighted by Crippen LogP contribution is -2.22. The fourth-order valence-corrected chi connectivity index (χ4v) is 2.09. The third kappa shape index (κ3) is 3.14. The van der Waals surface area contributed by atoms with E-state index in [-0.39, 0.29) is 0 Å². The third-order valence-electron chi connectivity index (χ3n) is 3.16. The van der Waals surface area contributed by atoms with Gasteiger partial charge in [0.2, 0.25) is 0 Å². The van der Waals surface area contributed by atoms with Gasteiger partial charge in [-0.15, -0.1) is 0 Å². The second-order valence-electron chi connectivity index (χ2n) is 4.33. The van der Waals surface area contributed by atoms with E-state index in [1.807, 2.05) is 6.07 Å². The first-order valence-electron chi connectivity index (χ1n) is 6.00. The molecule has 0 aliphatic carbocycles. The molecule has 1 fully saturated rings. The van der Waals surface area contributed by atoms with Crippen molar-refractivity contribution >= 4 is 5.82 Å². The number of likely N-dealkylation sites (tertiary alicyclic amines) is 1. The number of aromatic nitrogens is 2. The molecule has 2 rings (SSSR count). The highest BCUT2D eigenvalue weighted by Crippen LogP contribution is 2.16. The monoisotopic (exact) mass is 231 g/mol. The predicted octanol–water partition coefficient (Wildman–Crippen LogP) is 1.10. The van der Waals surface area contributed by atoms with Crippen LogP contribution in [-0.4, -0.2) is 41.0 Å². The van der Waals surface area contributed by atoms with Gasteiger partial charge in [-0.1, -0.05) is 6.92 Å². The van der Waals surface area contributed by atoms with Gasteiger partial charge in [-0.25, -0.2) is 9.97 Å². The van der Waals surface area contributed by atoms with Crippen molar-refractivity contribution in [3.8, 4) is 6.07 Å². The van der Waals surface area contributed by atoms with Crippen LogP contribution in [0.15, 0.2) is 12.4 Å². The van der Waals surface area contributed by atoms with Crippen molar-refractivity contribution in [3.05, 3.63) is 18.1 Å². The highest BCUT2D eigenvalue weighted by atomic mass is 15.1. The summed E-state index contributed by atoms with van der Waals surface area (Å²) in [5, 5.41) is 11.9. The van der Waals surface area contributed by atoms with E-state index < -0.39 is 0 Å². The first kappa shape index (κ1) is 11.8. The molecule has 90 valence electrons. The zero-order valence-corrected chi connectivity index (χ0v) is 10.1. The van der Waals surface area contributed by atoms with E-state index in [2.05, 4.69) is 27.1 Å². The molecule has 0 bridgehead atoms. The normalized spacial score (nSPS) is 20.1. The molecule has 0 amide bonds. The van der Waals surface area contributed by atoms with Gasteiger partial charge >= 0.3 is 0 Å². The van der Waals surface area contributed by atoms with Gasteiger partial charge in [0.1, 0.15) is 11.9 Å². The molecule has 0 spiro atoms. The fraction of sp³-hybridized carbons (Fsp3) is 0.583. The van der Waals surface area contributed by atoms with Crippen molar-refractivity contribution in [1.82, 2.24) is 14.9 Å². The Morgan fingerprint density at radius 1 is 1.53 bits per heavy atom. The third-order valence-corrected chi connectivity index (χ3v) is 3.16. The number of nitrogens with zero attached hydrogens (tertiary/aromatic N) is 4. The first-order chi connectivity index (χ1) is 8.31. The van der Waals surface area contributed by atoms with E-state index in [1.54, 1.807) is 6.20 Å². The molecule has 1 aliphatic rings. The van der Waals surface area contributed by atoms with E-state index in [1.165, 1.54) is 19.2 Å². The Kier molecular flexibility index (Phi) is 3.89. The number of hydrogen-bond acceptors (Lipinski definition) is 5. The Balaban J connectivity index is 1.80. The highest BCUT2D eigenvalue weighted by molar-refractivity contribution is 5.33. The summed E-state index contributed by atoms with van der Waals surface area (Å²) in [7, 11) is 0. The molecule has 5 heteroatoms. The smallest absolute Gasteiger partial charge is 0.158 e. The van der Waals surface area contributed by atoms with Crippen molar-refractivity contribution in [2.24, 2.45) is 5.92 Å². The molecule has 1 N–H and O–H groups in total. The number of hydrogen-bond donors (Lipinski definition) is 1. The Hall–Kier alpha value is -1.67. The van der Waals surface area contributed by atoms with E-state index in [9.17, 15) is 0 Å². The molecule has 1 aromatic heterocycles. The molecule has 5 nitrogen and oxygen atoms in total. The summed E-state index contributed by atoms with van der Waals surface area (Å²) in [6.45, 7) is 6.61. The van der Waals surface area contributed by atoms with Gasteiger partial charge in [-0.2, -0.15) is 5.26 Å². The van der Waals surface area contributed by atoms with Crippen LogP contribution in [-0.2, 0) is 0 Å². The second kappa shape index (κ2) is 5.60. The first-order valence-corrected chi connectivity index (χ1v) is 6.00. The van der Waals surface area contributed by atoms with Crippen LogP contribution in [0.2, 0.25) is 0 Å². The maximum absolute atomic E-state index is 8.61. The fourth-order valence-electron chi connectivity index (χ4n) is 2.09. The van der Waals surface area contributed by atoms with Crippen molar-refractivity contribution in [1.29, 1.82) is 5.26 Å². The lowest BCUT2D eigenvalue weighted by atomic mass is 10.1. The molecule has 0 saturated carbocycles. The molecule has 0 aromatic carbocycles. The minimum Gasteiger partial charge on any atom is -0.368 e. The minimum absolute atomic E-state index is 0.355. The molecule has 1 atom stereocenters. The van der Waals surface area contributed by atoms with Crippen LogP contribution in [0.5, 0.6) is 0 Å². The van der Waals surface area contributed by atoms with E-state index in [0.717, 1.165) is 25.5 Å². The summed E-state index contributed by atoms with van der Waals surface area (Å²) in [5.74, 6) is 1.44. The molecule has 1 unspecified atom stereocenters. The van der Waals surface area contributed by atoms with Crippen LogP contribution in [0.3, 0.4) is 0 Å². The van der Waals surface area contributed by atoms with Gasteiger partial charge in [0.15, 0.2) is 5.69 Å². The van der Waals surface area contributed by atoms with Gasteiger partial charge in [0, 0.05) is 13.1 Å². The van der Waals surface area contributed by atoms with Crippen LogP contribution in [0.25, 0.3) is 0 Å². The number of rotatable bonds is 4. The van der Waals surface area contributed by atoms with Crippen LogP contribution in [0, 0.1) is 17.2 Å². The summed E-state index contributed by atoms with van der Waals surface area (Å²) in [4.78, 5) is 10.6. The Morgan fingerprint density at radius 3 is 3.00 bits per heavy atom. The van der Waals surface area contributed by atoms with Gasteiger partial charge in [0.25, 0.3) is 0 Å². The van der Waals surface area contributed by atoms with Crippen molar-refractivity contribution < 1.29 is 0 Å². The summed E-state index contributed by atoms with van der Waals surface area (Å²) >= 11 is 0. The topological polar surface area (TPSA) is 64.8 Å². The number of anilines is 1. The standard InChI is InChI=1S/C12H17N5/c1-2-17-4-3-10(9-17)6-15-12-8-14-11(5-13)7-16-12/h7-8,10H,2-4,6,9H2,1H3,(H,15,16). The van der Waals surface area contributed by atoms with Gasteiger partial charge in [-0.3, -0.25) is 0 Å². The average Bonchev–Trinajstić information content (AvgIpc) is 2.85. The van der Waals surface area contributed by atoms with Crippen molar-refractivity contribution in [2.75, 3.05) is 31.5 Å². The van der Waals surface area contributed by atoms with Crippen molar-refractivity contribution in [3.63, 3.8) is 0 Å². The lowest BCUT2D eigenvalue weighted by molar-refractivity contribution is 0.345. The predicted molar refractivity (Wildman–Crippen MR) is 65.5 cm³/mol. The van der Waals surface area contributed by atoms with E-state index >= 15 is 0 Å². The Bertz CT molecular complexity index is 394. The summed E-state index contributed by atoms with van der Waals surface area (Å²) in [5.41, 5.74) is 0.355. The maximum atomic E-state index is 8.61. The Morgan fingerprint density at radius 2 is 2.41 bits per heavy atom. The molecule has 17 heavy (non-hydrogen) atoms. The van der Waals surface area contributed by atoms with Crippen molar-refractivity contribution in [2.45, 2.75) is 13.3 Å². The van der Waals surface area contributed by atoms with Gasteiger partial charge < -0.3 is 10.2 Å². The second-order valence-corrected chi connectivity index (χ2v) is 4.33. The molecule has 2 heterocycles. The number of nitriles is 1. The molecular weight excluding hydrogens is 214 g/mol. The molecule has 1 aromatic rings. The Labute approximate surface area is 101 Å². The van der Waals surface area contributed by atoms with Crippen LogP contribution < -0.4 is 5.32 Å². The molecular formula is C12H17N5. The van der Waals surface area contributed by atoms with Gasteiger partial charge in [-0.05, 0) is 25.4 Å². The average molecular weight is 231 g/mol. The quantitative estimate of drug-likeness (QED) is 0.840. The van der Waals surface area contributed by atoms with E-state index in [4.69, 9.17) is 5.26 Å². The molecule has 1 saturated heterocycles. The van der Waals surface area contributed by atoms with Crippen LogP contribution >= 0.6 is 0 Å². The zero-order valence-electron chi connectivity index (χ0n) is 10.1. The molecule has 1 aliphatic heterocycles. The van der Waals surface area contributed by atoms with Crippen LogP contribution in [0.1, 0.15) is 19.0 Å². The minimum atomic E-state index is 0.355. The van der Waals surface area contributed by atoms with Gasteiger partial charge in [0.05, 0.1) is 12.4 Å².